The van der Waals surface area contributed by atoms with Crippen LogP contribution in [0.3, 0.4) is 0 Å². The van der Waals surface area contributed by atoms with Crippen molar-refractivity contribution in [2.24, 2.45) is 5.73 Å². The number of carbonyl (C=O) groups is 2. The minimum Gasteiger partial charge on any atom is -0.396 e. The third-order valence-electron chi connectivity index (χ3n) is 2.15. The first-order valence-electron chi connectivity index (χ1n) is 5.52. The number of hydrogen-bond donors (Lipinski definition) is 3. The first-order chi connectivity index (χ1) is 8.65. The quantitative estimate of drug-likeness (QED) is 0.639. The largest absolute Gasteiger partial charge is 0.396 e. The summed E-state index contributed by atoms with van der Waals surface area (Å²) >= 11 is 1.43. The molecule has 4 N–H and O–H groups in total. The minimum atomic E-state index is -0.571. The summed E-state index contributed by atoms with van der Waals surface area (Å²) in [6.07, 6.45) is 0.663. The Morgan fingerprint density at radius 3 is 2.72 bits per heavy atom. The molecule has 0 heterocycles. The molecule has 0 aromatic heterocycles. The van der Waals surface area contributed by atoms with Crippen LogP contribution in [0.25, 0.3) is 0 Å². The van der Waals surface area contributed by atoms with Gasteiger partial charge in [0.05, 0.1) is 17.0 Å². The van der Waals surface area contributed by atoms with Gasteiger partial charge in [-0.05, 0) is 24.3 Å². The number of hydrogen-bond acceptors (Lipinski definition) is 4. The SMILES string of the molecule is NC(=O)c1ccccc1NC(=O)CSCCCO. The molecule has 0 saturated carbocycles. The fraction of sp³-hybridized carbons (Fsp3) is 0.333. The minimum absolute atomic E-state index is 0.124. The van der Waals surface area contributed by atoms with Crippen LogP contribution in [0.4, 0.5) is 5.69 Å². The second kappa shape index (κ2) is 7.73. The second-order valence-electron chi connectivity index (χ2n) is 3.59. The standard InChI is InChI=1S/C12H16N2O3S/c13-12(17)9-4-1-2-5-10(9)14-11(16)8-18-7-3-6-15/h1-2,4-5,15H,3,6-8H2,(H2,13,17)(H,14,16). The predicted molar refractivity (Wildman–Crippen MR) is 72.6 cm³/mol. The maximum atomic E-state index is 11.6. The lowest BCUT2D eigenvalue weighted by molar-refractivity contribution is -0.113. The highest BCUT2D eigenvalue weighted by Gasteiger charge is 2.09. The van der Waals surface area contributed by atoms with Crippen molar-refractivity contribution in [3.63, 3.8) is 0 Å². The third kappa shape index (κ3) is 4.77. The molecule has 18 heavy (non-hydrogen) atoms. The molecule has 0 bridgehead atoms. The number of aliphatic hydroxyl groups excluding tert-OH is 1. The Bertz CT molecular complexity index is 424. The van der Waals surface area contributed by atoms with Crippen molar-refractivity contribution < 1.29 is 14.7 Å². The van der Waals surface area contributed by atoms with Crippen LogP contribution < -0.4 is 11.1 Å². The van der Waals surface area contributed by atoms with Crippen molar-refractivity contribution in [2.75, 3.05) is 23.4 Å². The maximum Gasteiger partial charge on any atom is 0.250 e. The molecule has 0 unspecified atom stereocenters. The van der Waals surface area contributed by atoms with Gasteiger partial charge in [0.2, 0.25) is 5.91 Å². The van der Waals surface area contributed by atoms with Crippen LogP contribution in [0, 0.1) is 0 Å². The number of nitrogens with two attached hydrogens (primary N) is 1. The fourth-order valence-corrected chi connectivity index (χ4v) is 2.06. The summed E-state index contributed by atoms with van der Waals surface area (Å²) in [5.41, 5.74) is 5.93. The van der Waals surface area contributed by atoms with Gasteiger partial charge in [0.1, 0.15) is 0 Å². The molecule has 0 fully saturated rings. The number of benzene rings is 1. The van der Waals surface area contributed by atoms with Gasteiger partial charge in [0, 0.05) is 6.61 Å². The van der Waals surface area contributed by atoms with Gasteiger partial charge in [-0.2, -0.15) is 11.8 Å². The molecule has 2 amide bonds. The van der Waals surface area contributed by atoms with E-state index in [9.17, 15) is 9.59 Å². The summed E-state index contributed by atoms with van der Waals surface area (Å²) in [6.45, 7) is 0.124. The second-order valence-corrected chi connectivity index (χ2v) is 4.69. The van der Waals surface area contributed by atoms with Gasteiger partial charge in [0.25, 0.3) is 5.91 Å². The van der Waals surface area contributed by atoms with Crippen LogP contribution >= 0.6 is 11.8 Å². The van der Waals surface area contributed by atoms with E-state index >= 15 is 0 Å². The van der Waals surface area contributed by atoms with E-state index in [1.54, 1.807) is 24.3 Å². The van der Waals surface area contributed by atoms with E-state index in [0.717, 1.165) is 5.75 Å². The van der Waals surface area contributed by atoms with Crippen LogP contribution in [0.15, 0.2) is 24.3 Å². The number of para-hydroxylation sites is 1. The highest BCUT2D eigenvalue weighted by Crippen LogP contribution is 2.14. The van der Waals surface area contributed by atoms with E-state index in [4.69, 9.17) is 10.8 Å². The van der Waals surface area contributed by atoms with Crippen molar-refractivity contribution in [3.8, 4) is 0 Å². The zero-order valence-corrected chi connectivity index (χ0v) is 10.7. The lowest BCUT2D eigenvalue weighted by atomic mass is 10.1. The molecule has 6 heteroatoms. The van der Waals surface area contributed by atoms with E-state index in [1.807, 2.05) is 0 Å². The lowest BCUT2D eigenvalue weighted by Crippen LogP contribution is -2.19. The van der Waals surface area contributed by atoms with Gasteiger partial charge in [-0.25, -0.2) is 0 Å². The summed E-state index contributed by atoms with van der Waals surface area (Å²) < 4.78 is 0. The highest BCUT2D eigenvalue weighted by atomic mass is 32.2. The van der Waals surface area contributed by atoms with Gasteiger partial charge >= 0.3 is 0 Å². The molecular weight excluding hydrogens is 252 g/mol. The Morgan fingerprint density at radius 1 is 1.33 bits per heavy atom. The molecule has 0 aliphatic carbocycles. The number of amides is 2. The Labute approximate surface area is 110 Å². The van der Waals surface area contributed by atoms with Crippen molar-refractivity contribution in [1.29, 1.82) is 0 Å². The molecule has 5 nitrogen and oxygen atoms in total. The van der Waals surface area contributed by atoms with Crippen molar-refractivity contribution >= 4 is 29.3 Å². The maximum absolute atomic E-state index is 11.6. The Morgan fingerprint density at radius 2 is 2.06 bits per heavy atom. The molecule has 0 saturated heterocycles. The van der Waals surface area contributed by atoms with Crippen LogP contribution in [-0.4, -0.2) is 35.0 Å². The molecule has 98 valence electrons. The number of nitrogens with one attached hydrogen (secondary N) is 1. The van der Waals surface area contributed by atoms with Crippen molar-refractivity contribution in [1.82, 2.24) is 0 Å². The molecule has 0 atom stereocenters. The number of rotatable bonds is 7. The molecule has 0 aliphatic rings. The summed E-state index contributed by atoms with van der Waals surface area (Å²) in [5, 5.41) is 11.2. The van der Waals surface area contributed by atoms with Gasteiger partial charge in [-0.15, -0.1) is 0 Å². The summed E-state index contributed by atoms with van der Waals surface area (Å²) in [7, 11) is 0. The van der Waals surface area contributed by atoms with Crippen LogP contribution in [0.5, 0.6) is 0 Å². The molecule has 1 rings (SSSR count). The molecule has 0 radical (unpaired) electrons. The van der Waals surface area contributed by atoms with Gasteiger partial charge < -0.3 is 16.2 Å². The number of thioether (sulfide) groups is 1. The fourth-order valence-electron chi connectivity index (χ4n) is 1.32. The monoisotopic (exact) mass is 268 g/mol. The third-order valence-corrected chi connectivity index (χ3v) is 3.19. The molecule has 1 aromatic rings. The molecule has 1 aromatic carbocycles. The first kappa shape index (κ1) is 14.5. The summed E-state index contributed by atoms with van der Waals surface area (Å²) in [4.78, 5) is 22.7. The number of aliphatic hydroxyl groups is 1. The highest BCUT2D eigenvalue weighted by molar-refractivity contribution is 7.99. The Balaban J connectivity index is 2.51. The zero-order chi connectivity index (χ0) is 13.4. The smallest absolute Gasteiger partial charge is 0.250 e. The van der Waals surface area contributed by atoms with E-state index in [1.165, 1.54) is 11.8 Å². The molecular formula is C12H16N2O3S. The zero-order valence-electron chi connectivity index (χ0n) is 9.89. The summed E-state index contributed by atoms with van der Waals surface area (Å²) in [5.74, 6) is 0.250. The predicted octanol–water partition coefficient (Wildman–Crippen LogP) is 0.840. The first-order valence-corrected chi connectivity index (χ1v) is 6.68. The molecule has 0 aliphatic heterocycles. The average molecular weight is 268 g/mol. The van der Waals surface area contributed by atoms with E-state index in [0.29, 0.717) is 17.7 Å². The van der Waals surface area contributed by atoms with Crippen LogP contribution in [0.2, 0.25) is 0 Å². The van der Waals surface area contributed by atoms with E-state index in [-0.39, 0.29) is 18.3 Å². The van der Waals surface area contributed by atoms with Gasteiger partial charge in [-0.1, -0.05) is 12.1 Å². The van der Waals surface area contributed by atoms with Gasteiger partial charge in [-0.3, -0.25) is 9.59 Å². The van der Waals surface area contributed by atoms with E-state index in [2.05, 4.69) is 5.32 Å². The van der Waals surface area contributed by atoms with Gasteiger partial charge in [0.15, 0.2) is 0 Å². The summed E-state index contributed by atoms with van der Waals surface area (Å²) in [6, 6.07) is 6.61. The van der Waals surface area contributed by atoms with Crippen molar-refractivity contribution in [3.05, 3.63) is 29.8 Å². The average Bonchev–Trinajstić information content (AvgIpc) is 2.35. The number of anilines is 1. The number of primary amides is 1. The number of carbonyl (C=O) groups excluding carboxylic acids is 2. The van der Waals surface area contributed by atoms with Crippen LogP contribution in [-0.2, 0) is 4.79 Å². The Kier molecular flexibility index (Phi) is 6.24. The Hall–Kier alpha value is -1.53. The van der Waals surface area contributed by atoms with Crippen LogP contribution in [0.1, 0.15) is 16.8 Å². The van der Waals surface area contributed by atoms with Crippen molar-refractivity contribution in [2.45, 2.75) is 6.42 Å². The normalized spacial score (nSPS) is 10.1. The topological polar surface area (TPSA) is 92.4 Å². The molecule has 0 spiro atoms. The van der Waals surface area contributed by atoms with E-state index < -0.39 is 5.91 Å². The lowest BCUT2D eigenvalue weighted by Gasteiger charge is -2.08.